The Morgan fingerprint density at radius 2 is 2.17 bits per heavy atom. The minimum atomic E-state index is -0.984. The van der Waals surface area contributed by atoms with Crippen molar-refractivity contribution in [2.75, 3.05) is 6.61 Å². The number of hydrogen-bond donors (Lipinski definition) is 2. The third kappa shape index (κ3) is 2.38. The first-order chi connectivity index (χ1) is 8.40. The summed E-state index contributed by atoms with van der Waals surface area (Å²) in [5, 5.41) is 25.5. The second-order valence-corrected chi connectivity index (χ2v) is 4.59. The normalized spacial score (nSPS) is 11.5. The Morgan fingerprint density at radius 1 is 1.44 bits per heavy atom. The highest BCUT2D eigenvalue weighted by molar-refractivity contribution is 5.85. The number of aromatic amines is 1. The lowest BCUT2D eigenvalue weighted by Crippen LogP contribution is -2.28. The lowest BCUT2D eigenvalue weighted by Gasteiger charge is -2.17. The van der Waals surface area contributed by atoms with Crippen LogP contribution < -0.4 is 4.74 Å². The fourth-order valence-corrected chi connectivity index (χ4v) is 1.43. The smallest absolute Gasteiger partial charge is 0.229 e. The first-order valence-electron chi connectivity index (χ1n) is 5.39. The maximum atomic E-state index is 9.64. The van der Waals surface area contributed by atoms with Crippen LogP contribution in [-0.4, -0.2) is 37.5 Å². The number of nitrogens with zero attached hydrogens (tertiary/aromatic N) is 4. The molecule has 0 bridgehead atoms. The van der Waals surface area contributed by atoms with E-state index in [4.69, 9.17) is 10.00 Å². The van der Waals surface area contributed by atoms with Crippen molar-refractivity contribution in [3.05, 3.63) is 11.5 Å². The zero-order valence-corrected chi connectivity index (χ0v) is 10.4. The summed E-state index contributed by atoms with van der Waals surface area (Å²) < 4.78 is 5.45. The van der Waals surface area contributed by atoms with Crippen molar-refractivity contribution in [3.8, 4) is 11.9 Å². The summed E-state index contributed by atoms with van der Waals surface area (Å²) in [6.07, 6.45) is 0. The van der Waals surface area contributed by atoms with E-state index in [1.807, 2.05) is 6.07 Å². The fraction of sp³-hybridized carbons (Fsp3) is 0.455. The van der Waals surface area contributed by atoms with Gasteiger partial charge in [-0.15, -0.1) is 0 Å². The number of fused-ring (bicyclic) bond motifs is 1. The summed E-state index contributed by atoms with van der Waals surface area (Å²) in [5.41, 5.74) is -0.359. The van der Waals surface area contributed by atoms with Gasteiger partial charge in [-0.05, 0) is 20.8 Å². The Hall–Kier alpha value is -2.20. The molecule has 0 aliphatic carbocycles. The summed E-state index contributed by atoms with van der Waals surface area (Å²) in [5.74, 6) is 0.745. The van der Waals surface area contributed by atoms with Crippen LogP contribution in [0.2, 0.25) is 0 Å². The van der Waals surface area contributed by atoms with E-state index in [2.05, 4.69) is 20.2 Å². The predicted octanol–water partition coefficient (Wildman–Crippen LogP) is 0.683. The van der Waals surface area contributed by atoms with Crippen molar-refractivity contribution in [1.82, 2.24) is 20.2 Å². The molecule has 18 heavy (non-hydrogen) atoms. The van der Waals surface area contributed by atoms with Crippen molar-refractivity contribution < 1.29 is 9.84 Å². The molecule has 0 fully saturated rings. The van der Waals surface area contributed by atoms with E-state index in [1.165, 1.54) is 0 Å². The van der Waals surface area contributed by atoms with E-state index in [0.29, 0.717) is 16.9 Å². The standard InChI is InChI=1S/C11H13N5O2/c1-6-13-9-8(7(4-12)15-16-9)10(14-6)18-5-11(2,3)17/h17H,5H2,1-3H3,(H,13,14,15,16). The number of H-pyrrole nitrogens is 1. The van der Waals surface area contributed by atoms with Gasteiger partial charge in [0.2, 0.25) is 5.88 Å². The molecule has 0 radical (unpaired) electrons. The van der Waals surface area contributed by atoms with Gasteiger partial charge < -0.3 is 9.84 Å². The molecule has 7 nitrogen and oxygen atoms in total. The van der Waals surface area contributed by atoms with Crippen LogP contribution in [0.1, 0.15) is 25.4 Å². The van der Waals surface area contributed by atoms with Gasteiger partial charge in [0.25, 0.3) is 0 Å². The number of ether oxygens (including phenoxy) is 1. The van der Waals surface area contributed by atoms with E-state index >= 15 is 0 Å². The number of nitrogens with one attached hydrogen (secondary N) is 1. The third-order valence-electron chi connectivity index (χ3n) is 2.17. The molecule has 94 valence electrons. The van der Waals surface area contributed by atoms with Crippen molar-refractivity contribution in [3.63, 3.8) is 0 Å². The van der Waals surface area contributed by atoms with Crippen LogP contribution in [0.15, 0.2) is 0 Å². The maximum Gasteiger partial charge on any atom is 0.229 e. The zero-order chi connectivity index (χ0) is 13.3. The molecule has 0 atom stereocenters. The summed E-state index contributed by atoms with van der Waals surface area (Å²) in [7, 11) is 0. The maximum absolute atomic E-state index is 9.64. The second kappa shape index (κ2) is 4.23. The molecule has 0 amide bonds. The van der Waals surface area contributed by atoms with Crippen LogP contribution in [0.25, 0.3) is 11.0 Å². The molecule has 0 saturated heterocycles. The lowest BCUT2D eigenvalue weighted by molar-refractivity contribution is 0.0273. The molecule has 2 aromatic heterocycles. The molecule has 7 heteroatoms. The van der Waals surface area contributed by atoms with Gasteiger partial charge in [-0.2, -0.15) is 15.3 Å². The number of hydrogen-bond acceptors (Lipinski definition) is 6. The van der Waals surface area contributed by atoms with E-state index in [9.17, 15) is 5.11 Å². The molecule has 0 saturated carbocycles. The van der Waals surface area contributed by atoms with E-state index in [0.717, 1.165) is 0 Å². The highest BCUT2D eigenvalue weighted by Crippen LogP contribution is 2.24. The Labute approximate surface area is 103 Å². The second-order valence-electron chi connectivity index (χ2n) is 4.59. The molecule has 0 aliphatic heterocycles. The summed E-state index contributed by atoms with van der Waals surface area (Å²) in [4.78, 5) is 8.23. The minimum absolute atomic E-state index is 0.0641. The Kier molecular flexibility index (Phi) is 2.88. The third-order valence-corrected chi connectivity index (χ3v) is 2.17. The lowest BCUT2D eigenvalue weighted by atomic mass is 10.2. The van der Waals surface area contributed by atoms with Crippen molar-refractivity contribution >= 4 is 11.0 Å². The average molecular weight is 247 g/mol. The molecule has 0 spiro atoms. The highest BCUT2D eigenvalue weighted by Gasteiger charge is 2.19. The van der Waals surface area contributed by atoms with Gasteiger partial charge in [0.15, 0.2) is 11.3 Å². The van der Waals surface area contributed by atoms with Crippen LogP contribution in [0.3, 0.4) is 0 Å². The van der Waals surface area contributed by atoms with Gasteiger partial charge in [-0.1, -0.05) is 0 Å². The quantitative estimate of drug-likeness (QED) is 0.825. The van der Waals surface area contributed by atoms with Crippen LogP contribution in [0.4, 0.5) is 0 Å². The molecule has 2 rings (SSSR count). The van der Waals surface area contributed by atoms with Crippen molar-refractivity contribution in [2.24, 2.45) is 0 Å². The molecule has 2 N–H and O–H groups in total. The Balaban J connectivity index is 2.48. The van der Waals surface area contributed by atoms with Gasteiger partial charge >= 0.3 is 0 Å². The Morgan fingerprint density at radius 3 is 2.78 bits per heavy atom. The first kappa shape index (κ1) is 12.3. The average Bonchev–Trinajstić information content (AvgIpc) is 2.67. The summed E-state index contributed by atoms with van der Waals surface area (Å²) in [6, 6.07) is 1.97. The van der Waals surface area contributed by atoms with Crippen LogP contribution >= 0.6 is 0 Å². The molecule has 2 heterocycles. The van der Waals surface area contributed by atoms with E-state index in [1.54, 1.807) is 20.8 Å². The van der Waals surface area contributed by atoms with E-state index < -0.39 is 5.60 Å². The first-order valence-corrected chi connectivity index (χ1v) is 5.39. The van der Waals surface area contributed by atoms with Gasteiger partial charge in [0, 0.05) is 0 Å². The highest BCUT2D eigenvalue weighted by atomic mass is 16.5. The Bertz CT molecular complexity index is 621. The molecular weight excluding hydrogens is 234 g/mol. The number of aliphatic hydroxyl groups is 1. The number of nitriles is 1. The van der Waals surface area contributed by atoms with Gasteiger partial charge in [-0.3, -0.25) is 5.10 Å². The van der Waals surface area contributed by atoms with Crippen LogP contribution in [0, 0.1) is 18.3 Å². The van der Waals surface area contributed by atoms with Crippen LogP contribution in [0.5, 0.6) is 5.88 Å². The van der Waals surface area contributed by atoms with Crippen molar-refractivity contribution in [2.45, 2.75) is 26.4 Å². The molecule has 2 aromatic rings. The van der Waals surface area contributed by atoms with Gasteiger partial charge in [0.05, 0.1) is 5.60 Å². The van der Waals surface area contributed by atoms with Gasteiger partial charge in [-0.25, -0.2) is 4.98 Å². The van der Waals surface area contributed by atoms with Crippen LogP contribution in [-0.2, 0) is 0 Å². The largest absolute Gasteiger partial charge is 0.474 e. The molecular formula is C11H13N5O2. The number of aryl methyl sites for hydroxylation is 1. The van der Waals surface area contributed by atoms with E-state index in [-0.39, 0.29) is 18.2 Å². The SMILES string of the molecule is Cc1nc(OCC(C)(C)O)c2c(C#N)[nH]nc2n1. The van der Waals surface area contributed by atoms with Gasteiger partial charge in [0.1, 0.15) is 23.9 Å². The fourth-order valence-electron chi connectivity index (χ4n) is 1.43. The monoisotopic (exact) mass is 247 g/mol. The molecule has 0 unspecified atom stereocenters. The topological polar surface area (TPSA) is 108 Å². The number of aromatic nitrogens is 4. The summed E-state index contributed by atoms with van der Waals surface area (Å²) >= 11 is 0. The summed E-state index contributed by atoms with van der Waals surface area (Å²) in [6.45, 7) is 5.02. The molecule has 0 aromatic carbocycles. The minimum Gasteiger partial charge on any atom is -0.474 e. The zero-order valence-electron chi connectivity index (χ0n) is 10.4. The molecule has 0 aliphatic rings. The predicted molar refractivity (Wildman–Crippen MR) is 62.9 cm³/mol. The number of rotatable bonds is 3. The van der Waals surface area contributed by atoms with Crippen molar-refractivity contribution in [1.29, 1.82) is 5.26 Å².